The second kappa shape index (κ2) is 10.1. The Hall–Kier alpha value is -3.78. The number of piperazine rings is 1. The SMILES string of the molecule is Cc1cc(N)nc(-c2nccc3c4c(N5CC6CCC(C5)N6)nc(OC[C@@]56CCCN5C[C@H](F)C6)nc4n(C)c23)c1C(F)(F)F. The number of ether oxygens (including phenoxy) is 1. The molecule has 4 fully saturated rings. The van der Waals surface area contributed by atoms with E-state index in [1.807, 2.05) is 0 Å². The van der Waals surface area contributed by atoms with Crippen molar-refractivity contribution >= 4 is 33.6 Å². The number of alkyl halides is 4. The Morgan fingerprint density at radius 3 is 2.64 bits per heavy atom. The van der Waals surface area contributed by atoms with E-state index in [-0.39, 0.29) is 40.9 Å². The van der Waals surface area contributed by atoms with E-state index in [9.17, 15) is 17.6 Å². The summed E-state index contributed by atoms with van der Waals surface area (Å²) in [6.45, 7) is 4.35. The highest BCUT2D eigenvalue weighted by molar-refractivity contribution is 6.15. The first-order valence-corrected chi connectivity index (χ1v) is 15.5. The minimum atomic E-state index is -4.67. The number of anilines is 2. The molecule has 8 rings (SSSR count). The van der Waals surface area contributed by atoms with Gasteiger partial charge < -0.3 is 25.3 Å². The van der Waals surface area contributed by atoms with Crippen LogP contribution in [0, 0.1) is 6.92 Å². The van der Waals surface area contributed by atoms with Crippen molar-refractivity contribution in [3.8, 4) is 17.4 Å². The van der Waals surface area contributed by atoms with E-state index in [1.54, 1.807) is 17.7 Å². The van der Waals surface area contributed by atoms with E-state index < -0.39 is 17.9 Å². The molecular formula is C31H35F4N9O. The summed E-state index contributed by atoms with van der Waals surface area (Å²) in [4.78, 5) is 22.8. The van der Waals surface area contributed by atoms with E-state index in [4.69, 9.17) is 20.4 Å². The van der Waals surface area contributed by atoms with Crippen LogP contribution in [-0.4, -0.2) is 86.0 Å². The minimum absolute atomic E-state index is 0.0247. The molecule has 14 heteroatoms. The van der Waals surface area contributed by atoms with E-state index in [1.165, 1.54) is 19.2 Å². The molecule has 4 aromatic rings. The van der Waals surface area contributed by atoms with Crippen LogP contribution in [0.25, 0.3) is 33.3 Å². The van der Waals surface area contributed by atoms with Crippen LogP contribution in [-0.2, 0) is 13.2 Å². The molecule has 4 aliphatic rings. The molecule has 4 atom stereocenters. The lowest BCUT2D eigenvalue weighted by Gasteiger charge is -2.34. The summed E-state index contributed by atoms with van der Waals surface area (Å²) in [6, 6.07) is 3.80. The maximum absolute atomic E-state index is 14.5. The molecular weight excluding hydrogens is 590 g/mol. The highest BCUT2D eigenvalue weighted by Gasteiger charge is 2.49. The second-order valence-corrected chi connectivity index (χ2v) is 13.1. The number of fused-ring (bicyclic) bond motifs is 6. The van der Waals surface area contributed by atoms with E-state index in [0.29, 0.717) is 52.8 Å². The van der Waals surface area contributed by atoms with Crippen molar-refractivity contribution in [3.05, 3.63) is 29.5 Å². The number of nitrogens with one attached hydrogen (secondary N) is 1. The Labute approximate surface area is 257 Å². The van der Waals surface area contributed by atoms with Crippen LogP contribution >= 0.6 is 0 Å². The Morgan fingerprint density at radius 2 is 1.89 bits per heavy atom. The molecule has 238 valence electrons. The van der Waals surface area contributed by atoms with Crippen LogP contribution in [0.15, 0.2) is 18.3 Å². The largest absolute Gasteiger partial charge is 0.461 e. The first kappa shape index (κ1) is 28.7. The molecule has 2 bridgehead atoms. The van der Waals surface area contributed by atoms with Crippen molar-refractivity contribution in [2.24, 2.45) is 7.05 Å². The molecule has 4 aromatic heterocycles. The molecule has 0 radical (unpaired) electrons. The molecule has 4 saturated heterocycles. The van der Waals surface area contributed by atoms with E-state index in [2.05, 4.69) is 25.1 Å². The summed E-state index contributed by atoms with van der Waals surface area (Å²) >= 11 is 0. The number of aromatic nitrogens is 5. The quantitative estimate of drug-likeness (QED) is 0.312. The summed E-state index contributed by atoms with van der Waals surface area (Å²) in [5.41, 5.74) is 5.37. The van der Waals surface area contributed by atoms with Gasteiger partial charge in [0, 0.05) is 56.8 Å². The Kier molecular flexibility index (Phi) is 6.44. The third-order valence-corrected chi connectivity index (χ3v) is 10.2. The highest BCUT2D eigenvalue weighted by Crippen LogP contribution is 2.44. The summed E-state index contributed by atoms with van der Waals surface area (Å²) in [5.74, 6) is 0.641. The third-order valence-electron chi connectivity index (χ3n) is 10.2. The van der Waals surface area contributed by atoms with Crippen molar-refractivity contribution in [2.45, 2.75) is 69.0 Å². The van der Waals surface area contributed by atoms with Crippen molar-refractivity contribution in [1.29, 1.82) is 0 Å². The molecule has 0 aromatic carbocycles. The molecule has 3 N–H and O–H groups in total. The zero-order valence-electron chi connectivity index (χ0n) is 25.2. The van der Waals surface area contributed by atoms with Gasteiger partial charge >= 0.3 is 12.2 Å². The number of nitrogen functional groups attached to an aromatic ring is 1. The first-order chi connectivity index (χ1) is 21.5. The van der Waals surface area contributed by atoms with Crippen molar-refractivity contribution in [1.82, 2.24) is 34.7 Å². The van der Waals surface area contributed by atoms with Gasteiger partial charge in [-0.05, 0) is 56.8 Å². The van der Waals surface area contributed by atoms with Gasteiger partial charge in [0.1, 0.15) is 41.4 Å². The molecule has 8 heterocycles. The monoisotopic (exact) mass is 625 g/mol. The van der Waals surface area contributed by atoms with E-state index in [0.717, 1.165) is 45.3 Å². The lowest BCUT2D eigenvalue weighted by Crippen LogP contribution is -2.51. The standard InChI is InChI=1S/C31H35F4N9O/c1-16-10-21(36)39-24(23(16)31(33,34)35)25-26-20(6-8-37-25)22-27(42(26)2)40-29(41-28(22)43-13-18-4-5-19(14-43)38-18)45-15-30-7-3-9-44(30)12-17(32)11-30/h6,8,10,17-19,38H,3-5,7,9,11-15H2,1-2H3,(H2,36,39)/t17-,18?,19?,30+/m1/s1. The fourth-order valence-corrected chi connectivity index (χ4v) is 8.31. The third kappa shape index (κ3) is 4.58. The zero-order valence-corrected chi connectivity index (χ0v) is 25.2. The molecule has 2 unspecified atom stereocenters. The van der Waals surface area contributed by atoms with Crippen LogP contribution in [0.5, 0.6) is 6.01 Å². The van der Waals surface area contributed by atoms with Gasteiger partial charge in [0.15, 0.2) is 0 Å². The predicted octanol–water partition coefficient (Wildman–Crippen LogP) is 4.38. The van der Waals surface area contributed by atoms with Gasteiger partial charge in [-0.1, -0.05) is 0 Å². The smallest absolute Gasteiger partial charge is 0.418 e. The Bertz CT molecular complexity index is 1810. The fraction of sp³-hybridized carbons (Fsp3) is 0.548. The number of halogens is 4. The molecule has 10 nitrogen and oxygen atoms in total. The van der Waals surface area contributed by atoms with Gasteiger partial charge in [-0.3, -0.25) is 9.88 Å². The normalized spacial score (nSPS) is 26.8. The van der Waals surface area contributed by atoms with Crippen molar-refractivity contribution in [2.75, 3.05) is 43.4 Å². The number of hydrogen-bond donors (Lipinski definition) is 2. The molecule has 0 amide bonds. The van der Waals surface area contributed by atoms with E-state index >= 15 is 0 Å². The predicted molar refractivity (Wildman–Crippen MR) is 162 cm³/mol. The average molecular weight is 626 g/mol. The lowest BCUT2D eigenvalue weighted by atomic mass is 9.95. The van der Waals surface area contributed by atoms with Gasteiger partial charge in [-0.25, -0.2) is 9.37 Å². The Balaban J connectivity index is 1.31. The summed E-state index contributed by atoms with van der Waals surface area (Å²) < 4.78 is 65.8. The molecule has 0 spiro atoms. The maximum atomic E-state index is 14.5. The van der Waals surface area contributed by atoms with Gasteiger partial charge in [-0.2, -0.15) is 23.1 Å². The van der Waals surface area contributed by atoms with Gasteiger partial charge in [0.05, 0.1) is 22.0 Å². The van der Waals surface area contributed by atoms with Gasteiger partial charge in [0.2, 0.25) is 0 Å². The number of nitrogens with two attached hydrogens (primary N) is 1. The topological polar surface area (TPSA) is 110 Å². The Morgan fingerprint density at radius 1 is 1.11 bits per heavy atom. The number of nitrogens with zero attached hydrogens (tertiary/aromatic N) is 7. The van der Waals surface area contributed by atoms with Crippen LogP contribution in [0.3, 0.4) is 0 Å². The number of hydrogen-bond acceptors (Lipinski definition) is 9. The number of rotatable bonds is 5. The summed E-state index contributed by atoms with van der Waals surface area (Å²) in [6.07, 6.45) is 0.306. The van der Waals surface area contributed by atoms with Crippen LogP contribution < -0.4 is 20.7 Å². The van der Waals surface area contributed by atoms with Crippen LogP contribution in [0.4, 0.5) is 29.2 Å². The number of pyridine rings is 2. The van der Waals surface area contributed by atoms with Gasteiger partial charge in [0.25, 0.3) is 0 Å². The first-order valence-electron chi connectivity index (χ1n) is 15.5. The van der Waals surface area contributed by atoms with Crippen molar-refractivity contribution < 1.29 is 22.3 Å². The van der Waals surface area contributed by atoms with Crippen LogP contribution in [0.1, 0.15) is 43.2 Å². The lowest BCUT2D eigenvalue weighted by molar-refractivity contribution is -0.137. The highest BCUT2D eigenvalue weighted by atomic mass is 19.4. The maximum Gasteiger partial charge on any atom is 0.418 e. The second-order valence-electron chi connectivity index (χ2n) is 13.1. The minimum Gasteiger partial charge on any atom is -0.461 e. The summed E-state index contributed by atoms with van der Waals surface area (Å²) in [7, 11) is 1.76. The molecule has 0 saturated carbocycles. The zero-order chi connectivity index (χ0) is 31.2. The van der Waals surface area contributed by atoms with Gasteiger partial charge in [-0.15, -0.1) is 0 Å². The molecule has 45 heavy (non-hydrogen) atoms. The molecule has 4 aliphatic heterocycles. The average Bonchev–Trinajstić information content (AvgIpc) is 3.70. The fourth-order valence-electron chi connectivity index (χ4n) is 8.31. The summed E-state index contributed by atoms with van der Waals surface area (Å²) in [5, 5.41) is 5.02. The number of aryl methyl sites for hydroxylation is 2. The van der Waals surface area contributed by atoms with Crippen molar-refractivity contribution in [3.63, 3.8) is 0 Å². The molecule has 0 aliphatic carbocycles. The van der Waals surface area contributed by atoms with Crippen LogP contribution in [0.2, 0.25) is 0 Å².